The van der Waals surface area contributed by atoms with Crippen molar-refractivity contribution in [1.29, 1.82) is 0 Å². The van der Waals surface area contributed by atoms with Gasteiger partial charge in [0.05, 0.1) is 13.2 Å². The molecule has 1 atom stereocenters. The van der Waals surface area contributed by atoms with Crippen molar-refractivity contribution in [2.24, 2.45) is 0 Å². The van der Waals surface area contributed by atoms with Gasteiger partial charge in [-0.3, -0.25) is 0 Å². The zero-order valence-electron chi connectivity index (χ0n) is 15.9. The van der Waals surface area contributed by atoms with Gasteiger partial charge in [0.2, 0.25) is 0 Å². The summed E-state index contributed by atoms with van der Waals surface area (Å²) in [5.74, 6) is 0.478. The Labute approximate surface area is 167 Å². The van der Waals surface area contributed by atoms with E-state index >= 15 is 0 Å². The lowest BCUT2D eigenvalue weighted by Gasteiger charge is -2.15. The molecule has 2 rings (SSSR count). The van der Waals surface area contributed by atoms with Crippen LogP contribution in [0.3, 0.4) is 0 Å². The van der Waals surface area contributed by atoms with Crippen LogP contribution in [0.25, 0.3) is 0 Å². The van der Waals surface area contributed by atoms with Gasteiger partial charge >= 0.3 is 5.97 Å². The SMILES string of the molecule is CCOC(=O)[C@H](Cc1ccc(OCCc2ccc(N)cc2)cc1)OCC.Cl. The van der Waals surface area contributed by atoms with E-state index in [-0.39, 0.29) is 18.4 Å². The Balaban J connectivity index is 0.00000364. The molecule has 0 saturated heterocycles. The van der Waals surface area contributed by atoms with E-state index in [1.165, 1.54) is 5.56 Å². The van der Waals surface area contributed by atoms with Crippen molar-refractivity contribution in [2.45, 2.75) is 32.8 Å². The van der Waals surface area contributed by atoms with Gasteiger partial charge in [-0.25, -0.2) is 4.79 Å². The summed E-state index contributed by atoms with van der Waals surface area (Å²) in [7, 11) is 0. The largest absolute Gasteiger partial charge is 0.493 e. The van der Waals surface area contributed by atoms with E-state index in [9.17, 15) is 4.79 Å². The first kappa shape index (κ1) is 22.8. The molecule has 0 unspecified atom stereocenters. The van der Waals surface area contributed by atoms with Crippen molar-refractivity contribution < 1.29 is 19.0 Å². The summed E-state index contributed by atoms with van der Waals surface area (Å²) in [6.07, 6.45) is 0.729. The van der Waals surface area contributed by atoms with Crippen LogP contribution in [0.4, 0.5) is 5.69 Å². The Morgan fingerprint density at radius 3 is 2.19 bits per heavy atom. The summed E-state index contributed by atoms with van der Waals surface area (Å²) in [5.41, 5.74) is 8.63. The van der Waals surface area contributed by atoms with Gasteiger partial charge in [-0.2, -0.15) is 0 Å². The van der Waals surface area contributed by atoms with Crippen molar-refractivity contribution in [2.75, 3.05) is 25.6 Å². The van der Waals surface area contributed by atoms with Gasteiger partial charge in [0, 0.05) is 25.1 Å². The third-order valence-electron chi connectivity index (χ3n) is 3.90. The van der Waals surface area contributed by atoms with Gasteiger partial charge in [0.25, 0.3) is 0 Å². The molecule has 0 saturated carbocycles. The second kappa shape index (κ2) is 12.2. The fraction of sp³-hybridized carbons (Fsp3) is 0.381. The number of halogens is 1. The fourth-order valence-corrected chi connectivity index (χ4v) is 2.55. The van der Waals surface area contributed by atoms with E-state index in [0.717, 1.165) is 23.4 Å². The second-order valence-electron chi connectivity index (χ2n) is 5.88. The van der Waals surface area contributed by atoms with Gasteiger partial charge in [-0.1, -0.05) is 24.3 Å². The minimum Gasteiger partial charge on any atom is -0.493 e. The lowest BCUT2D eigenvalue weighted by atomic mass is 10.1. The Morgan fingerprint density at radius 1 is 0.963 bits per heavy atom. The molecule has 0 aliphatic heterocycles. The number of carbonyl (C=O) groups is 1. The number of hydrogen-bond donors (Lipinski definition) is 1. The smallest absolute Gasteiger partial charge is 0.335 e. The van der Waals surface area contributed by atoms with Crippen LogP contribution < -0.4 is 10.5 Å². The number of ether oxygens (including phenoxy) is 3. The van der Waals surface area contributed by atoms with Gasteiger partial charge in [0.15, 0.2) is 6.10 Å². The highest BCUT2D eigenvalue weighted by molar-refractivity contribution is 5.85. The maximum atomic E-state index is 11.9. The third-order valence-corrected chi connectivity index (χ3v) is 3.90. The average Bonchev–Trinajstić information content (AvgIpc) is 2.64. The molecular formula is C21H28ClNO4. The molecule has 27 heavy (non-hydrogen) atoms. The van der Waals surface area contributed by atoms with Crippen LogP contribution in [0.15, 0.2) is 48.5 Å². The maximum absolute atomic E-state index is 11.9. The molecule has 0 heterocycles. The molecule has 0 aromatic heterocycles. The van der Waals surface area contributed by atoms with E-state index in [1.54, 1.807) is 6.92 Å². The summed E-state index contributed by atoms with van der Waals surface area (Å²) < 4.78 is 16.3. The number of anilines is 1. The minimum absolute atomic E-state index is 0. The van der Waals surface area contributed by atoms with Crippen molar-refractivity contribution in [1.82, 2.24) is 0 Å². The molecule has 2 aromatic carbocycles. The molecule has 5 nitrogen and oxygen atoms in total. The lowest BCUT2D eigenvalue weighted by molar-refractivity contribution is -0.156. The molecule has 148 valence electrons. The molecule has 0 aliphatic carbocycles. The number of hydrogen-bond acceptors (Lipinski definition) is 5. The number of nitrogen functional groups attached to an aromatic ring is 1. The fourth-order valence-electron chi connectivity index (χ4n) is 2.55. The number of esters is 1. The highest BCUT2D eigenvalue weighted by atomic mass is 35.5. The Hall–Kier alpha value is -2.24. The van der Waals surface area contributed by atoms with Crippen LogP contribution >= 0.6 is 12.4 Å². The molecule has 0 fully saturated rings. The van der Waals surface area contributed by atoms with Crippen molar-refractivity contribution >= 4 is 24.1 Å². The van der Waals surface area contributed by atoms with Gasteiger partial charge in [-0.05, 0) is 49.2 Å². The third kappa shape index (κ3) is 7.89. The zero-order valence-corrected chi connectivity index (χ0v) is 16.7. The van der Waals surface area contributed by atoms with Crippen molar-refractivity contribution in [3.05, 3.63) is 59.7 Å². The number of benzene rings is 2. The first-order chi connectivity index (χ1) is 12.6. The molecule has 0 bridgehead atoms. The predicted molar refractivity (Wildman–Crippen MR) is 109 cm³/mol. The highest BCUT2D eigenvalue weighted by Crippen LogP contribution is 2.16. The van der Waals surface area contributed by atoms with Gasteiger partial charge in [-0.15, -0.1) is 12.4 Å². The number of carbonyl (C=O) groups excluding carboxylic acids is 1. The Morgan fingerprint density at radius 2 is 1.59 bits per heavy atom. The quantitative estimate of drug-likeness (QED) is 0.490. The maximum Gasteiger partial charge on any atom is 0.335 e. The summed E-state index contributed by atoms with van der Waals surface area (Å²) in [6, 6.07) is 15.5. The van der Waals surface area contributed by atoms with E-state index in [1.807, 2.05) is 55.5 Å². The standard InChI is InChI=1S/C21H27NO4.ClH/c1-3-24-20(21(23)25-4-2)15-17-7-11-19(12-8-17)26-14-13-16-5-9-18(22)10-6-16;/h5-12,20H,3-4,13-15,22H2,1-2H3;1H/t20-;/m0./s1. The Kier molecular flexibility index (Phi) is 10.3. The monoisotopic (exact) mass is 393 g/mol. The van der Waals surface area contributed by atoms with Crippen molar-refractivity contribution in [3.8, 4) is 5.75 Å². The highest BCUT2D eigenvalue weighted by Gasteiger charge is 2.20. The number of nitrogens with two attached hydrogens (primary N) is 1. The second-order valence-corrected chi connectivity index (χ2v) is 5.88. The van der Waals surface area contributed by atoms with Crippen LogP contribution in [-0.4, -0.2) is 31.9 Å². The van der Waals surface area contributed by atoms with Crippen molar-refractivity contribution in [3.63, 3.8) is 0 Å². The van der Waals surface area contributed by atoms with Gasteiger partial charge < -0.3 is 19.9 Å². The molecule has 6 heteroatoms. The lowest BCUT2D eigenvalue weighted by Crippen LogP contribution is -2.28. The van der Waals surface area contributed by atoms with Crippen LogP contribution in [0.2, 0.25) is 0 Å². The summed E-state index contributed by atoms with van der Waals surface area (Å²) in [5, 5.41) is 0. The topological polar surface area (TPSA) is 70.8 Å². The molecule has 0 radical (unpaired) electrons. The van der Waals surface area contributed by atoms with Crippen LogP contribution in [0.1, 0.15) is 25.0 Å². The molecule has 2 N–H and O–H groups in total. The van der Waals surface area contributed by atoms with E-state index in [2.05, 4.69) is 0 Å². The van der Waals surface area contributed by atoms with E-state index < -0.39 is 6.10 Å². The minimum atomic E-state index is -0.572. The average molecular weight is 394 g/mol. The predicted octanol–water partition coefficient (Wildman–Crippen LogP) is 3.82. The molecule has 2 aromatic rings. The summed E-state index contributed by atoms with van der Waals surface area (Å²) in [4.78, 5) is 11.9. The zero-order chi connectivity index (χ0) is 18.8. The number of rotatable bonds is 10. The Bertz CT molecular complexity index is 674. The summed E-state index contributed by atoms with van der Waals surface area (Å²) in [6.45, 7) is 5.06. The van der Waals surface area contributed by atoms with E-state index in [0.29, 0.717) is 26.2 Å². The van der Waals surface area contributed by atoms with Crippen LogP contribution in [-0.2, 0) is 27.1 Å². The molecular weight excluding hydrogens is 366 g/mol. The van der Waals surface area contributed by atoms with Crippen LogP contribution in [0.5, 0.6) is 5.75 Å². The molecule has 0 amide bonds. The van der Waals surface area contributed by atoms with Crippen LogP contribution in [0, 0.1) is 0 Å². The molecule has 0 aliphatic rings. The van der Waals surface area contributed by atoms with Gasteiger partial charge in [0.1, 0.15) is 5.75 Å². The van der Waals surface area contributed by atoms with E-state index in [4.69, 9.17) is 19.9 Å². The first-order valence-corrected chi connectivity index (χ1v) is 8.96. The normalized spacial score (nSPS) is 11.3. The first-order valence-electron chi connectivity index (χ1n) is 8.96. The molecule has 0 spiro atoms. The summed E-state index contributed by atoms with van der Waals surface area (Å²) >= 11 is 0.